The highest BCUT2D eigenvalue weighted by atomic mass is 79.9. The van der Waals surface area contributed by atoms with E-state index in [1.165, 1.54) is 16.3 Å². The quantitative estimate of drug-likeness (QED) is 0.751. The number of halogens is 1. The Morgan fingerprint density at radius 2 is 1.82 bits per heavy atom. The second-order valence-electron chi connectivity index (χ2n) is 4.24. The molecule has 0 aromatic heterocycles. The van der Waals surface area contributed by atoms with E-state index in [4.69, 9.17) is 0 Å². The standard InChI is InChI=1S/C15H18BrN/c1-2-17(10-9-16)12-13-7-8-14-5-3-4-6-15(14)11-13/h3-8,11H,2,9-10,12H2,1H3. The largest absolute Gasteiger partial charge is 0.299 e. The smallest absolute Gasteiger partial charge is 0.0234 e. The summed E-state index contributed by atoms with van der Waals surface area (Å²) in [7, 11) is 0. The number of hydrogen-bond acceptors (Lipinski definition) is 1. The first-order valence-corrected chi connectivity index (χ1v) is 7.21. The predicted molar refractivity (Wildman–Crippen MR) is 78.7 cm³/mol. The van der Waals surface area contributed by atoms with Gasteiger partial charge in [0.25, 0.3) is 0 Å². The Hall–Kier alpha value is -0.860. The molecule has 1 nitrogen and oxygen atoms in total. The fourth-order valence-electron chi connectivity index (χ4n) is 2.06. The molecule has 0 aliphatic carbocycles. The maximum absolute atomic E-state index is 3.50. The first-order chi connectivity index (χ1) is 8.33. The SMILES string of the molecule is CCN(CCBr)Cc1ccc2ccccc2c1. The van der Waals surface area contributed by atoms with E-state index in [1.807, 2.05) is 0 Å². The lowest BCUT2D eigenvalue weighted by molar-refractivity contribution is 0.299. The van der Waals surface area contributed by atoms with Gasteiger partial charge in [0, 0.05) is 18.4 Å². The molecular weight excluding hydrogens is 274 g/mol. The van der Waals surface area contributed by atoms with Crippen LogP contribution in [0.4, 0.5) is 0 Å². The van der Waals surface area contributed by atoms with E-state index in [1.54, 1.807) is 0 Å². The molecule has 2 aromatic carbocycles. The normalized spacial score (nSPS) is 11.2. The van der Waals surface area contributed by atoms with E-state index in [0.717, 1.165) is 25.0 Å². The lowest BCUT2D eigenvalue weighted by atomic mass is 10.1. The van der Waals surface area contributed by atoms with Crippen molar-refractivity contribution in [1.29, 1.82) is 0 Å². The van der Waals surface area contributed by atoms with Crippen molar-refractivity contribution < 1.29 is 0 Å². The van der Waals surface area contributed by atoms with Crippen molar-refractivity contribution in [3.8, 4) is 0 Å². The lowest BCUT2D eigenvalue weighted by Gasteiger charge is -2.19. The van der Waals surface area contributed by atoms with Crippen molar-refractivity contribution in [3.05, 3.63) is 48.0 Å². The number of fused-ring (bicyclic) bond motifs is 1. The Morgan fingerprint density at radius 1 is 1.06 bits per heavy atom. The number of rotatable bonds is 5. The molecule has 0 heterocycles. The summed E-state index contributed by atoms with van der Waals surface area (Å²) in [5, 5.41) is 3.69. The van der Waals surface area contributed by atoms with Crippen LogP contribution in [0.5, 0.6) is 0 Å². The van der Waals surface area contributed by atoms with Gasteiger partial charge in [-0.15, -0.1) is 0 Å². The van der Waals surface area contributed by atoms with Gasteiger partial charge in [-0.3, -0.25) is 4.90 Å². The average molecular weight is 292 g/mol. The van der Waals surface area contributed by atoms with E-state index in [2.05, 4.69) is 70.2 Å². The molecule has 0 bridgehead atoms. The van der Waals surface area contributed by atoms with Crippen LogP contribution in [0, 0.1) is 0 Å². The Bertz CT molecular complexity index is 481. The summed E-state index contributed by atoms with van der Waals surface area (Å²) in [4.78, 5) is 2.44. The van der Waals surface area contributed by atoms with Gasteiger partial charge in [-0.05, 0) is 28.9 Å². The maximum atomic E-state index is 3.50. The fraction of sp³-hybridized carbons (Fsp3) is 0.333. The molecule has 0 aliphatic rings. The van der Waals surface area contributed by atoms with Crippen LogP contribution in [0.15, 0.2) is 42.5 Å². The van der Waals surface area contributed by atoms with Gasteiger partial charge in [0.15, 0.2) is 0 Å². The van der Waals surface area contributed by atoms with Gasteiger partial charge >= 0.3 is 0 Å². The third-order valence-electron chi connectivity index (χ3n) is 3.07. The van der Waals surface area contributed by atoms with E-state index >= 15 is 0 Å². The highest BCUT2D eigenvalue weighted by molar-refractivity contribution is 9.09. The van der Waals surface area contributed by atoms with Crippen LogP contribution in [0.2, 0.25) is 0 Å². The van der Waals surface area contributed by atoms with Crippen molar-refractivity contribution in [3.63, 3.8) is 0 Å². The van der Waals surface area contributed by atoms with Crippen molar-refractivity contribution in [2.45, 2.75) is 13.5 Å². The van der Waals surface area contributed by atoms with Crippen molar-refractivity contribution in [2.75, 3.05) is 18.4 Å². The van der Waals surface area contributed by atoms with Crippen LogP contribution in [0.3, 0.4) is 0 Å². The minimum atomic E-state index is 1.03. The van der Waals surface area contributed by atoms with Crippen LogP contribution < -0.4 is 0 Å². The molecule has 0 spiro atoms. The summed E-state index contributed by atoms with van der Waals surface area (Å²) in [6.07, 6.45) is 0. The Morgan fingerprint density at radius 3 is 2.53 bits per heavy atom. The van der Waals surface area contributed by atoms with Gasteiger partial charge in [0.05, 0.1) is 0 Å². The molecule has 0 N–H and O–H groups in total. The molecule has 2 aromatic rings. The molecule has 0 aliphatic heterocycles. The van der Waals surface area contributed by atoms with Crippen molar-refractivity contribution in [2.24, 2.45) is 0 Å². The topological polar surface area (TPSA) is 3.24 Å². The summed E-state index contributed by atoms with van der Waals surface area (Å²) in [6, 6.07) is 15.3. The van der Waals surface area contributed by atoms with Crippen LogP contribution in [-0.4, -0.2) is 23.3 Å². The zero-order chi connectivity index (χ0) is 12.1. The first kappa shape index (κ1) is 12.6. The van der Waals surface area contributed by atoms with Crippen LogP contribution in [-0.2, 0) is 6.54 Å². The molecule has 0 amide bonds. The number of benzene rings is 2. The molecule has 0 saturated heterocycles. The van der Waals surface area contributed by atoms with Gasteiger partial charge in [-0.25, -0.2) is 0 Å². The summed E-state index contributed by atoms with van der Waals surface area (Å²) in [5.74, 6) is 0. The van der Waals surface area contributed by atoms with E-state index < -0.39 is 0 Å². The van der Waals surface area contributed by atoms with Gasteiger partial charge in [-0.2, -0.15) is 0 Å². The highest BCUT2D eigenvalue weighted by Gasteiger charge is 2.03. The predicted octanol–water partition coefficient (Wildman–Crippen LogP) is 4.06. The molecule has 90 valence electrons. The van der Waals surface area contributed by atoms with Crippen molar-refractivity contribution >= 4 is 26.7 Å². The third kappa shape index (κ3) is 3.30. The second kappa shape index (κ2) is 6.18. The Balaban J connectivity index is 2.18. The molecule has 0 unspecified atom stereocenters. The first-order valence-electron chi connectivity index (χ1n) is 6.09. The summed E-state index contributed by atoms with van der Waals surface area (Å²) < 4.78 is 0. The minimum Gasteiger partial charge on any atom is -0.299 e. The number of nitrogens with zero attached hydrogens (tertiary/aromatic N) is 1. The van der Waals surface area contributed by atoms with Gasteiger partial charge in [0.1, 0.15) is 0 Å². The van der Waals surface area contributed by atoms with Crippen LogP contribution >= 0.6 is 15.9 Å². The molecule has 2 rings (SSSR count). The van der Waals surface area contributed by atoms with Gasteiger partial charge in [0.2, 0.25) is 0 Å². The molecule has 0 fully saturated rings. The lowest BCUT2D eigenvalue weighted by Crippen LogP contribution is -2.24. The molecule has 0 atom stereocenters. The third-order valence-corrected chi connectivity index (χ3v) is 3.42. The highest BCUT2D eigenvalue weighted by Crippen LogP contribution is 2.16. The minimum absolute atomic E-state index is 1.03. The van der Waals surface area contributed by atoms with Crippen LogP contribution in [0.25, 0.3) is 10.8 Å². The Kier molecular flexibility index (Phi) is 4.57. The molecule has 17 heavy (non-hydrogen) atoms. The Labute approximate surface area is 112 Å². The number of alkyl halides is 1. The van der Waals surface area contributed by atoms with E-state index in [9.17, 15) is 0 Å². The van der Waals surface area contributed by atoms with E-state index in [-0.39, 0.29) is 0 Å². The van der Waals surface area contributed by atoms with Gasteiger partial charge in [-0.1, -0.05) is 59.3 Å². The van der Waals surface area contributed by atoms with Crippen molar-refractivity contribution in [1.82, 2.24) is 4.90 Å². The zero-order valence-corrected chi connectivity index (χ0v) is 11.8. The maximum Gasteiger partial charge on any atom is 0.0234 e. The average Bonchev–Trinajstić information content (AvgIpc) is 2.38. The molecule has 2 heteroatoms. The molecular formula is C15H18BrN. The van der Waals surface area contributed by atoms with Gasteiger partial charge < -0.3 is 0 Å². The summed E-state index contributed by atoms with van der Waals surface area (Å²) >= 11 is 3.50. The molecule has 0 radical (unpaired) electrons. The summed E-state index contributed by atoms with van der Waals surface area (Å²) in [6.45, 7) is 5.44. The fourth-order valence-corrected chi connectivity index (χ4v) is 2.57. The second-order valence-corrected chi connectivity index (χ2v) is 5.03. The molecule has 0 saturated carbocycles. The summed E-state index contributed by atoms with van der Waals surface area (Å²) in [5.41, 5.74) is 1.39. The van der Waals surface area contributed by atoms with E-state index in [0.29, 0.717) is 0 Å². The monoisotopic (exact) mass is 291 g/mol. The zero-order valence-electron chi connectivity index (χ0n) is 10.2. The number of hydrogen-bond donors (Lipinski definition) is 0. The van der Waals surface area contributed by atoms with Crippen LogP contribution in [0.1, 0.15) is 12.5 Å².